The van der Waals surface area contributed by atoms with Gasteiger partial charge in [0.1, 0.15) is 0 Å². The van der Waals surface area contributed by atoms with Crippen LogP contribution in [0.3, 0.4) is 0 Å². The number of aryl methyl sites for hydroxylation is 1. The molecule has 2 aromatic rings. The lowest BCUT2D eigenvalue weighted by molar-refractivity contribution is 0.869. The molecule has 0 heterocycles. The zero-order valence-electron chi connectivity index (χ0n) is 11.4. The van der Waals surface area contributed by atoms with Gasteiger partial charge in [-0.25, -0.2) is 0 Å². The fraction of sp³-hybridized carbons (Fsp3) is 0.222. The van der Waals surface area contributed by atoms with E-state index in [2.05, 4.69) is 69.8 Å². The minimum absolute atomic E-state index is 0.542. The normalized spacial score (nSPS) is 10.7. The van der Waals surface area contributed by atoms with Gasteiger partial charge >= 0.3 is 0 Å². The van der Waals surface area contributed by atoms with Crippen molar-refractivity contribution >= 4 is 6.08 Å². The van der Waals surface area contributed by atoms with E-state index in [1.807, 2.05) is 6.08 Å². The monoisotopic (exact) mass is 236 g/mol. The molecule has 0 saturated carbocycles. The molecule has 0 bridgehead atoms. The molecule has 0 nitrogen and oxygen atoms in total. The highest BCUT2D eigenvalue weighted by Crippen LogP contribution is 2.30. The van der Waals surface area contributed by atoms with E-state index in [1.165, 1.54) is 27.8 Å². The lowest BCUT2D eigenvalue weighted by Gasteiger charge is -2.14. The van der Waals surface area contributed by atoms with Gasteiger partial charge in [-0.2, -0.15) is 0 Å². The van der Waals surface area contributed by atoms with Crippen LogP contribution in [-0.4, -0.2) is 0 Å². The summed E-state index contributed by atoms with van der Waals surface area (Å²) in [5, 5.41) is 0. The molecule has 92 valence electrons. The van der Waals surface area contributed by atoms with Crippen molar-refractivity contribution in [2.75, 3.05) is 0 Å². The Labute approximate surface area is 110 Å². The summed E-state index contributed by atoms with van der Waals surface area (Å²) in [4.78, 5) is 0. The summed E-state index contributed by atoms with van der Waals surface area (Å²) in [5.74, 6) is 0.542. The van der Waals surface area contributed by atoms with E-state index in [4.69, 9.17) is 0 Å². The van der Waals surface area contributed by atoms with Gasteiger partial charge in [-0.1, -0.05) is 69.0 Å². The first-order valence-corrected chi connectivity index (χ1v) is 6.46. The molecule has 0 atom stereocenters. The topological polar surface area (TPSA) is 0 Å². The van der Waals surface area contributed by atoms with Crippen LogP contribution in [0.4, 0.5) is 0 Å². The van der Waals surface area contributed by atoms with Gasteiger partial charge in [0, 0.05) is 0 Å². The van der Waals surface area contributed by atoms with Crippen molar-refractivity contribution in [2.45, 2.75) is 26.7 Å². The van der Waals surface area contributed by atoms with Crippen LogP contribution >= 0.6 is 0 Å². The summed E-state index contributed by atoms with van der Waals surface area (Å²) in [6.07, 6.45) is 1.91. The van der Waals surface area contributed by atoms with Gasteiger partial charge < -0.3 is 0 Å². The van der Waals surface area contributed by atoms with Crippen molar-refractivity contribution in [1.29, 1.82) is 0 Å². The van der Waals surface area contributed by atoms with E-state index < -0.39 is 0 Å². The second-order valence-corrected chi connectivity index (χ2v) is 5.02. The fourth-order valence-electron chi connectivity index (χ4n) is 2.34. The Bertz CT molecular complexity index is 562. The highest BCUT2D eigenvalue weighted by Gasteiger charge is 2.08. The zero-order valence-corrected chi connectivity index (χ0v) is 11.4. The van der Waals surface area contributed by atoms with Gasteiger partial charge in [-0.15, -0.1) is 0 Å². The molecule has 0 saturated heterocycles. The molecule has 0 aliphatic heterocycles. The smallest absolute Gasteiger partial charge is 0.0149 e. The molecular weight excluding hydrogens is 216 g/mol. The van der Waals surface area contributed by atoms with Gasteiger partial charge in [0.15, 0.2) is 0 Å². The molecule has 18 heavy (non-hydrogen) atoms. The third-order valence-electron chi connectivity index (χ3n) is 3.38. The largest absolute Gasteiger partial charge is 0.0985 e. The minimum Gasteiger partial charge on any atom is -0.0985 e. The molecule has 0 aromatic heterocycles. The van der Waals surface area contributed by atoms with Gasteiger partial charge in [-0.05, 0) is 40.7 Å². The standard InChI is InChI=1S/C18H20/c1-5-15-10-11-16(12-14(15)4)18-9-7-6-8-17(18)13(2)3/h5-13H,1H2,2-4H3. The summed E-state index contributed by atoms with van der Waals surface area (Å²) in [6, 6.07) is 15.2. The third-order valence-corrected chi connectivity index (χ3v) is 3.38. The van der Waals surface area contributed by atoms with Crippen molar-refractivity contribution in [3.63, 3.8) is 0 Å². The molecule has 0 heteroatoms. The Kier molecular flexibility index (Phi) is 3.66. The molecule has 0 amide bonds. The SMILES string of the molecule is C=Cc1ccc(-c2ccccc2C(C)C)cc1C. The molecule has 0 radical (unpaired) electrons. The minimum atomic E-state index is 0.542. The van der Waals surface area contributed by atoms with E-state index >= 15 is 0 Å². The quantitative estimate of drug-likeness (QED) is 0.666. The Balaban J connectivity index is 2.55. The Morgan fingerprint density at radius 1 is 1.06 bits per heavy atom. The van der Waals surface area contributed by atoms with Crippen LogP contribution in [0.25, 0.3) is 17.2 Å². The van der Waals surface area contributed by atoms with Crippen LogP contribution in [-0.2, 0) is 0 Å². The van der Waals surface area contributed by atoms with Crippen molar-refractivity contribution in [2.24, 2.45) is 0 Å². The van der Waals surface area contributed by atoms with E-state index in [0.717, 1.165) is 0 Å². The Morgan fingerprint density at radius 3 is 2.39 bits per heavy atom. The Morgan fingerprint density at radius 2 is 1.78 bits per heavy atom. The van der Waals surface area contributed by atoms with Crippen molar-refractivity contribution < 1.29 is 0 Å². The van der Waals surface area contributed by atoms with Crippen LogP contribution in [0.15, 0.2) is 49.0 Å². The van der Waals surface area contributed by atoms with Crippen LogP contribution < -0.4 is 0 Å². The van der Waals surface area contributed by atoms with Crippen LogP contribution in [0.2, 0.25) is 0 Å². The summed E-state index contributed by atoms with van der Waals surface area (Å²) >= 11 is 0. The lowest BCUT2D eigenvalue weighted by atomic mass is 9.91. The maximum Gasteiger partial charge on any atom is -0.0149 e. The zero-order chi connectivity index (χ0) is 13.1. The number of benzene rings is 2. The Hall–Kier alpha value is -1.82. The van der Waals surface area contributed by atoms with Crippen molar-refractivity contribution in [3.8, 4) is 11.1 Å². The average Bonchev–Trinajstić information content (AvgIpc) is 2.38. The molecule has 0 N–H and O–H groups in total. The predicted molar refractivity (Wildman–Crippen MR) is 80.8 cm³/mol. The third kappa shape index (κ3) is 2.38. The molecule has 2 aromatic carbocycles. The average molecular weight is 236 g/mol. The van der Waals surface area contributed by atoms with Gasteiger partial charge in [0.25, 0.3) is 0 Å². The molecule has 0 fully saturated rings. The number of rotatable bonds is 3. The maximum absolute atomic E-state index is 3.84. The summed E-state index contributed by atoms with van der Waals surface area (Å²) < 4.78 is 0. The summed E-state index contributed by atoms with van der Waals surface area (Å²) in [5.41, 5.74) is 6.53. The number of hydrogen-bond acceptors (Lipinski definition) is 0. The summed E-state index contributed by atoms with van der Waals surface area (Å²) in [7, 11) is 0. The van der Waals surface area contributed by atoms with E-state index in [0.29, 0.717) is 5.92 Å². The molecule has 0 spiro atoms. The fourth-order valence-corrected chi connectivity index (χ4v) is 2.34. The van der Waals surface area contributed by atoms with E-state index in [9.17, 15) is 0 Å². The van der Waals surface area contributed by atoms with Crippen LogP contribution in [0.1, 0.15) is 36.5 Å². The number of hydrogen-bond donors (Lipinski definition) is 0. The van der Waals surface area contributed by atoms with Crippen molar-refractivity contribution in [3.05, 3.63) is 65.7 Å². The molecule has 0 aliphatic rings. The molecule has 0 unspecified atom stereocenters. The van der Waals surface area contributed by atoms with Crippen molar-refractivity contribution in [1.82, 2.24) is 0 Å². The highest BCUT2D eigenvalue weighted by atomic mass is 14.1. The van der Waals surface area contributed by atoms with Crippen LogP contribution in [0.5, 0.6) is 0 Å². The summed E-state index contributed by atoms with van der Waals surface area (Å²) in [6.45, 7) is 10.5. The van der Waals surface area contributed by atoms with Gasteiger partial charge in [-0.3, -0.25) is 0 Å². The van der Waals surface area contributed by atoms with E-state index in [-0.39, 0.29) is 0 Å². The first-order valence-electron chi connectivity index (χ1n) is 6.46. The molecule has 2 rings (SSSR count). The van der Waals surface area contributed by atoms with Gasteiger partial charge in [0.05, 0.1) is 0 Å². The van der Waals surface area contributed by atoms with Gasteiger partial charge in [0.2, 0.25) is 0 Å². The maximum atomic E-state index is 3.84. The second kappa shape index (κ2) is 5.22. The van der Waals surface area contributed by atoms with E-state index in [1.54, 1.807) is 0 Å². The lowest BCUT2D eigenvalue weighted by Crippen LogP contribution is -1.92. The highest BCUT2D eigenvalue weighted by molar-refractivity contribution is 5.70. The molecular formula is C18H20. The first-order chi connectivity index (χ1) is 8.63. The second-order valence-electron chi connectivity index (χ2n) is 5.02. The first kappa shape index (κ1) is 12.6. The predicted octanol–water partition coefficient (Wildman–Crippen LogP) is 5.43. The van der Waals surface area contributed by atoms with Crippen LogP contribution in [0, 0.1) is 6.92 Å². The molecule has 0 aliphatic carbocycles.